The van der Waals surface area contributed by atoms with Gasteiger partial charge in [0.15, 0.2) is 0 Å². The normalized spacial score (nSPS) is 17.1. The van der Waals surface area contributed by atoms with Gasteiger partial charge in [0.2, 0.25) is 18.2 Å². The summed E-state index contributed by atoms with van der Waals surface area (Å²) in [5.74, 6) is 0. The molecule has 0 N–H and O–H groups in total. The summed E-state index contributed by atoms with van der Waals surface area (Å²) in [6.45, 7) is 3.61. The molecule has 2 aromatic carbocycles. The fourth-order valence-corrected chi connectivity index (χ4v) is 7.95. The first kappa shape index (κ1) is 21.3. The molecule has 0 aliphatic heterocycles. The third-order valence-electron chi connectivity index (χ3n) is 5.56. The van der Waals surface area contributed by atoms with Gasteiger partial charge >= 0.3 is 0 Å². The van der Waals surface area contributed by atoms with Gasteiger partial charge < -0.3 is 4.57 Å². The van der Waals surface area contributed by atoms with Gasteiger partial charge in [-0.3, -0.25) is 9.59 Å². The number of halogens is 2. The number of aryl methyl sites for hydroxylation is 2. The molecule has 28 heavy (non-hydrogen) atoms. The maximum Gasteiger partial charge on any atom is 0.232 e. The Labute approximate surface area is 175 Å². The van der Waals surface area contributed by atoms with Crippen molar-refractivity contribution in [1.29, 1.82) is 0 Å². The monoisotopic (exact) mass is 436 g/mol. The molecule has 1 atom stereocenters. The Morgan fingerprint density at radius 2 is 1.29 bits per heavy atom. The van der Waals surface area contributed by atoms with E-state index in [4.69, 9.17) is 23.2 Å². The van der Waals surface area contributed by atoms with Crippen LogP contribution in [0.5, 0.6) is 0 Å². The average Bonchev–Trinajstić information content (AvgIpc) is 2.67. The van der Waals surface area contributed by atoms with Gasteiger partial charge in [-0.25, -0.2) is 0 Å². The molecule has 1 unspecified atom stereocenters. The number of carbonyl (C=O) groups is 2. The van der Waals surface area contributed by atoms with Crippen LogP contribution in [0.1, 0.15) is 63.9 Å². The van der Waals surface area contributed by atoms with E-state index >= 15 is 0 Å². The number of rotatable bonds is 5. The van der Waals surface area contributed by atoms with E-state index in [9.17, 15) is 14.2 Å². The molecule has 0 heterocycles. The zero-order chi connectivity index (χ0) is 20.5. The van der Waals surface area contributed by atoms with Crippen molar-refractivity contribution in [3.63, 3.8) is 0 Å². The molecular weight excluding hydrogens is 414 g/mol. The van der Waals surface area contributed by atoms with Crippen LogP contribution in [0.4, 0.5) is 0 Å². The summed E-state index contributed by atoms with van der Waals surface area (Å²) in [5.41, 5.74) is 0.0941. The summed E-state index contributed by atoms with van der Waals surface area (Å²) < 4.78 is 14.4. The molecule has 1 aliphatic carbocycles. The summed E-state index contributed by atoms with van der Waals surface area (Å²) in [4.78, 5) is 27.3. The van der Waals surface area contributed by atoms with Crippen LogP contribution in [0.3, 0.4) is 0 Å². The summed E-state index contributed by atoms with van der Waals surface area (Å²) in [6.07, 6.45) is 3.94. The number of hydrogen-bond donors (Lipinski definition) is 0. The van der Waals surface area contributed by atoms with Gasteiger partial charge in [0.05, 0.1) is 15.6 Å². The van der Waals surface area contributed by atoms with Crippen LogP contribution in [-0.4, -0.2) is 16.7 Å². The zero-order valence-corrected chi connectivity index (χ0v) is 18.4. The van der Waals surface area contributed by atoms with E-state index in [1.807, 2.05) is 6.07 Å². The summed E-state index contributed by atoms with van der Waals surface area (Å²) in [6, 6.07) is 10.2. The van der Waals surface area contributed by atoms with Crippen LogP contribution in [0.15, 0.2) is 36.4 Å². The predicted molar refractivity (Wildman–Crippen MR) is 116 cm³/mol. The zero-order valence-electron chi connectivity index (χ0n) is 16.0. The molecule has 1 aliphatic rings. The van der Waals surface area contributed by atoms with Crippen molar-refractivity contribution in [2.75, 3.05) is 0 Å². The molecule has 0 radical (unpaired) electrons. The van der Waals surface area contributed by atoms with E-state index < -0.39 is 23.8 Å². The van der Waals surface area contributed by atoms with Crippen molar-refractivity contribution in [3.8, 4) is 0 Å². The highest BCUT2D eigenvalue weighted by Gasteiger charge is 2.49. The molecular formula is C22H23Cl2O3P. The molecule has 0 saturated heterocycles. The highest BCUT2D eigenvalue weighted by Crippen LogP contribution is 2.61. The molecule has 3 rings (SSSR count). The highest BCUT2D eigenvalue weighted by atomic mass is 35.5. The number of benzene rings is 2. The SMILES string of the molecule is Cc1cccc(C)c1C(=O)P(=O)(C(=O)c1c(Cl)cccc1Cl)C1CCCCC1. The predicted octanol–water partition coefficient (Wildman–Crippen LogP) is 7.29. The third-order valence-corrected chi connectivity index (χ3v) is 9.39. The van der Waals surface area contributed by atoms with Crippen LogP contribution in [-0.2, 0) is 4.57 Å². The second-order valence-electron chi connectivity index (χ2n) is 7.42. The van der Waals surface area contributed by atoms with E-state index in [2.05, 4.69) is 0 Å². The van der Waals surface area contributed by atoms with Crippen LogP contribution in [0, 0.1) is 13.8 Å². The van der Waals surface area contributed by atoms with Gasteiger partial charge in [-0.1, -0.05) is 66.7 Å². The van der Waals surface area contributed by atoms with Gasteiger partial charge in [0.1, 0.15) is 0 Å². The van der Waals surface area contributed by atoms with Gasteiger partial charge in [-0.2, -0.15) is 0 Å². The lowest BCUT2D eigenvalue weighted by Gasteiger charge is -2.29. The Kier molecular flexibility index (Phi) is 6.49. The first-order valence-electron chi connectivity index (χ1n) is 9.48. The highest BCUT2D eigenvalue weighted by molar-refractivity contribution is 7.96. The lowest BCUT2D eigenvalue weighted by atomic mass is 10.0. The minimum Gasteiger partial charge on any atom is -0.306 e. The second-order valence-corrected chi connectivity index (χ2v) is 11.1. The quantitative estimate of drug-likeness (QED) is 0.462. The number of hydrogen-bond acceptors (Lipinski definition) is 3. The maximum atomic E-state index is 14.4. The Morgan fingerprint density at radius 3 is 1.82 bits per heavy atom. The van der Waals surface area contributed by atoms with Crippen LogP contribution in [0.25, 0.3) is 0 Å². The molecule has 1 fully saturated rings. The molecule has 0 spiro atoms. The number of carbonyl (C=O) groups excluding carboxylic acids is 2. The van der Waals surface area contributed by atoms with Crippen molar-refractivity contribution >= 4 is 41.4 Å². The van der Waals surface area contributed by atoms with Crippen LogP contribution >= 0.6 is 30.3 Å². The first-order valence-corrected chi connectivity index (χ1v) is 12.0. The first-order chi connectivity index (χ1) is 13.3. The van der Waals surface area contributed by atoms with Gasteiger partial charge in [0, 0.05) is 11.2 Å². The fraction of sp³-hybridized carbons (Fsp3) is 0.364. The van der Waals surface area contributed by atoms with E-state index in [0.717, 1.165) is 30.4 Å². The van der Waals surface area contributed by atoms with Crippen LogP contribution < -0.4 is 0 Å². The topological polar surface area (TPSA) is 51.2 Å². The standard InChI is InChI=1S/C22H23Cl2O3P/c1-14-8-6-9-15(2)19(14)21(25)28(27,16-10-4-3-5-11-16)22(26)20-17(23)12-7-13-18(20)24/h6-9,12-13,16H,3-5,10-11H2,1-2H3. The molecule has 0 aromatic heterocycles. The summed E-state index contributed by atoms with van der Waals surface area (Å²) in [7, 11) is -3.98. The molecule has 1 saturated carbocycles. The van der Waals surface area contributed by atoms with E-state index in [1.165, 1.54) is 12.1 Å². The van der Waals surface area contributed by atoms with Crippen molar-refractivity contribution in [2.45, 2.75) is 51.6 Å². The Morgan fingerprint density at radius 1 is 0.821 bits per heavy atom. The average molecular weight is 437 g/mol. The second kappa shape index (κ2) is 8.53. The van der Waals surface area contributed by atoms with E-state index in [0.29, 0.717) is 18.4 Å². The van der Waals surface area contributed by atoms with Crippen molar-refractivity contribution in [1.82, 2.24) is 0 Å². The molecule has 0 amide bonds. The molecule has 3 nitrogen and oxygen atoms in total. The fourth-order valence-electron chi connectivity index (χ4n) is 4.05. The summed E-state index contributed by atoms with van der Waals surface area (Å²) in [5, 5.41) is 0.255. The Balaban J connectivity index is 2.20. The molecule has 148 valence electrons. The van der Waals surface area contributed by atoms with Crippen molar-refractivity contribution < 1.29 is 14.2 Å². The lowest BCUT2D eigenvalue weighted by Crippen LogP contribution is -2.25. The van der Waals surface area contributed by atoms with E-state index in [1.54, 1.807) is 32.0 Å². The van der Waals surface area contributed by atoms with E-state index in [-0.39, 0.29) is 15.6 Å². The molecule has 6 heteroatoms. The summed E-state index contributed by atoms with van der Waals surface area (Å²) >= 11 is 12.5. The minimum atomic E-state index is -3.98. The maximum absolute atomic E-state index is 14.4. The van der Waals surface area contributed by atoms with Gasteiger partial charge in [-0.05, 0) is 49.9 Å². The lowest BCUT2D eigenvalue weighted by molar-refractivity contribution is 0.103. The smallest absolute Gasteiger partial charge is 0.232 e. The largest absolute Gasteiger partial charge is 0.306 e. The molecule has 2 aromatic rings. The Bertz CT molecular complexity index is 870. The Hall–Kier alpha value is -1.41. The third kappa shape index (κ3) is 3.73. The van der Waals surface area contributed by atoms with Gasteiger partial charge in [0.25, 0.3) is 0 Å². The van der Waals surface area contributed by atoms with Crippen molar-refractivity contribution in [2.24, 2.45) is 0 Å². The molecule has 0 bridgehead atoms. The van der Waals surface area contributed by atoms with Crippen molar-refractivity contribution in [3.05, 3.63) is 68.7 Å². The van der Waals surface area contributed by atoms with Crippen LogP contribution in [0.2, 0.25) is 10.0 Å². The van der Waals surface area contributed by atoms with Gasteiger partial charge in [-0.15, -0.1) is 0 Å². The minimum absolute atomic E-state index is 0.000623.